The lowest BCUT2D eigenvalue weighted by atomic mass is 10.1. The van der Waals surface area contributed by atoms with E-state index in [0.717, 1.165) is 17.5 Å². The molecule has 0 fully saturated rings. The van der Waals surface area contributed by atoms with Crippen LogP contribution in [0, 0.1) is 6.92 Å². The number of hydrogen-bond donors (Lipinski definition) is 3. The van der Waals surface area contributed by atoms with Crippen LogP contribution in [-0.2, 0) is 6.42 Å². The van der Waals surface area contributed by atoms with Crippen LogP contribution in [0.4, 0.5) is 10.5 Å². The van der Waals surface area contributed by atoms with Crippen LogP contribution in [0.5, 0.6) is 0 Å². The topological polar surface area (TPSA) is 93.5 Å². The summed E-state index contributed by atoms with van der Waals surface area (Å²) in [7, 11) is 0. The zero-order valence-electron chi connectivity index (χ0n) is 9.75. The number of amides is 2. The van der Waals surface area contributed by atoms with Gasteiger partial charge in [-0.1, -0.05) is 18.5 Å². The van der Waals surface area contributed by atoms with Gasteiger partial charge in [0, 0.05) is 10.7 Å². The minimum Gasteiger partial charge on any atom is -0.370 e. The van der Waals surface area contributed by atoms with Gasteiger partial charge in [-0.05, 0) is 36.6 Å². The van der Waals surface area contributed by atoms with E-state index in [0.29, 0.717) is 10.7 Å². The van der Waals surface area contributed by atoms with E-state index < -0.39 is 6.03 Å². The smallest absolute Gasteiger partial charge is 0.348 e. The monoisotopic (exact) mass is 254 g/mol. The molecule has 0 aliphatic rings. The molecule has 5 N–H and O–H groups in total. The molecule has 2 amide bonds. The number of nitrogens with two attached hydrogens (primary N) is 2. The van der Waals surface area contributed by atoms with Gasteiger partial charge in [-0.15, -0.1) is 0 Å². The maximum absolute atomic E-state index is 11.4. The predicted molar refractivity (Wildman–Crippen MR) is 70.4 cm³/mol. The SMILES string of the molecule is CCc1cc(Cl)cc(C)c1NC(=O)N=C(N)N. The second kappa shape index (κ2) is 5.54. The number of halogens is 1. The number of nitrogens with one attached hydrogen (secondary N) is 1. The number of guanidine groups is 1. The molecule has 0 unspecified atom stereocenters. The normalized spacial score (nSPS) is 9.82. The third-order valence-corrected chi connectivity index (χ3v) is 2.44. The second-order valence-electron chi connectivity index (χ2n) is 3.58. The van der Waals surface area contributed by atoms with Gasteiger partial charge >= 0.3 is 6.03 Å². The molecule has 0 radical (unpaired) electrons. The fourth-order valence-corrected chi connectivity index (χ4v) is 1.82. The van der Waals surface area contributed by atoms with Crippen LogP contribution in [-0.4, -0.2) is 12.0 Å². The minimum absolute atomic E-state index is 0.271. The van der Waals surface area contributed by atoms with E-state index in [2.05, 4.69) is 10.3 Å². The fourth-order valence-electron chi connectivity index (χ4n) is 1.52. The summed E-state index contributed by atoms with van der Waals surface area (Å²) in [4.78, 5) is 14.8. The Balaban J connectivity index is 3.06. The van der Waals surface area contributed by atoms with E-state index in [1.54, 1.807) is 12.1 Å². The Labute approximate surface area is 105 Å². The summed E-state index contributed by atoms with van der Waals surface area (Å²) >= 11 is 5.94. The number of carbonyl (C=O) groups excluding carboxylic acids is 1. The summed E-state index contributed by atoms with van der Waals surface area (Å²) in [5.74, 6) is -0.271. The van der Waals surface area contributed by atoms with Crippen LogP contribution < -0.4 is 16.8 Å². The number of hydrogen-bond acceptors (Lipinski definition) is 1. The number of anilines is 1. The molecule has 1 rings (SSSR count). The van der Waals surface area contributed by atoms with Crippen LogP contribution in [0.1, 0.15) is 18.1 Å². The first-order valence-corrected chi connectivity index (χ1v) is 5.51. The van der Waals surface area contributed by atoms with Crippen molar-refractivity contribution in [2.45, 2.75) is 20.3 Å². The highest BCUT2D eigenvalue weighted by Gasteiger charge is 2.09. The van der Waals surface area contributed by atoms with Crippen molar-refractivity contribution in [1.82, 2.24) is 0 Å². The molecule has 0 spiro atoms. The van der Waals surface area contributed by atoms with Gasteiger partial charge in [0.25, 0.3) is 0 Å². The Morgan fingerprint density at radius 2 is 2.12 bits per heavy atom. The molecule has 0 saturated carbocycles. The third kappa shape index (κ3) is 3.64. The highest BCUT2D eigenvalue weighted by atomic mass is 35.5. The van der Waals surface area contributed by atoms with E-state index in [9.17, 15) is 4.79 Å². The van der Waals surface area contributed by atoms with Gasteiger partial charge in [-0.3, -0.25) is 0 Å². The van der Waals surface area contributed by atoms with E-state index >= 15 is 0 Å². The summed E-state index contributed by atoms with van der Waals surface area (Å²) in [6.45, 7) is 3.83. The van der Waals surface area contributed by atoms with E-state index in [1.165, 1.54) is 0 Å². The van der Waals surface area contributed by atoms with E-state index in [4.69, 9.17) is 23.1 Å². The third-order valence-electron chi connectivity index (χ3n) is 2.23. The molecule has 0 bridgehead atoms. The number of benzene rings is 1. The summed E-state index contributed by atoms with van der Waals surface area (Å²) < 4.78 is 0. The van der Waals surface area contributed by atoms with Gasteiger partial charge in [0.05, 0.1) is 0 Å². The zero-order valence-corrected chi connectivity index (χ0v) is 10.5. The van der Waals surface area contributed by atoms with Gasteiger partial charge in [0.15, 0.2) is 5.96 Å². The van der Waals surface area contributed by atoms with Gasteiger partial charge in [0.1, 0.15) is 0 Å². The van der Waals surface area contributed by atoms with Crippen LogP contribution in [0.15, 0.2) is 17.1 Å². The molecule has 5 nitrogen and oxygen atoms in total. The van der Waals surface area contributed by atoms with Crippen molar-refractivity contribution in [3.05, 3.63) is 28.3 Å². The van der Waals surface area contributed by atoms with Gasteiger partial charge in [-0.25, -0.2) is 4.79 Å². The standard InChI is InChI=1S/C11H15ClN4O/c1-3-7-5-8(12)4-6(2)9(7)15-11(17)16-10(13)14/h4-5H,3H2,1-2H3,(H5,13,14,15,16,17). The summed E-state index contributed by atoms with van der Waals surface area (Å²) in [5, 5.41) is 3.28. The van der Waals surface area contributed by atoms with Crippen molar-refractivity contribution in [1.29, 1.82) is 0 Å². The molecule has 0 aliphatic heterocycles. The summed E-state index contributed by atoms with van der Waals surface area (Å²) in [6, 6.07) is 2.98. The zero-order chi connectivity index (χ0) is 13.0. The number of urea groups is 1. The Kier molecular flexibility index (Phi) is 4.34. The molecule has 92 valence electrons. The molecule has 17 heavy (non-hydrogen) atoms. The molecule has 0 heterocycles. The lowest BCUT2D eigenvalue weighted by molar-refractivity contribution is 0.259. The summed E-state index contributed by atoms with van der Waals surface area (Å²) in [5.41, 5.74) is 12.8. The second-order valence-corrected chi connectivity index (χ2v) is 4.01. The first kappa shape index (κ1) is 13.3. The van der Waals surface area contributed by atoms with Crippen molar-refractivity contribution in [2.75, 3.05) is 5.32 Å². The van der Waals surface area contributed by atoms with Crippen molar-refractivity contribution >= 4 is 29.3 Å². The van der Waals surface area contributed by atoms with Crippen LogP contribution >= 0.6 is 11.6 Å². The predicted octanol–water partition coefficient (Wildman–Crippen LogP) is 2.02. The van der Waals surface area contributed by atoms with Crippen molar-refractivity contribution in [3.63, 3.8) is 0 Å². The van der Waals surface area contributed by atoms with Gasteiger partial charge in [0.2, 0.25) is 0 Å². The molecule has 0 aromatic heterocycles. The first-order valence-electron chi connectivity index (χ1n) is 5.13. The van der Waals surface area contributed by atoms with Gasteiger partial charge in [-0.2, -0.15) is 4.99 Å². The van der Waals surface area contributed by atoms with Crippen molar-refractivity contribution in [2.24, 2.45) is 16.5 Å². The first-order chi connectivity index (χ1) is 7.93. The van der Waals surface area contributed by atoms with Crippen LogP contribution in [0.25, 0.3) is 0 Å². The maximum atomic E-state index is 11.4. The molecular weight excluding hydrogens is 240 g/mol. The highest BCUT2D eigenvalue weighted by Crippen LogP contribution is 2.26. The highest BCUT2D eigenvalue weighted by molar-refractivity contribution is 6.30. The number of rotatable bonds is 2. The Bertz CT molecular complexity index is 467. The lowest BCUT2D eigenvalue weighted by Crippen LogP contribution is -2.25. The Morgan fingerprint density at radius 3 is 2.65 bits per heavy atom. The molecule has 1 aromatic rings. The van der Waals surface area contributed by atoms with Crippen molar-refractivity contribution < 1.29 is 4.79 Å². The lowest BCUT2D eigenvalue weighted by Gasteiger charge is -2.12. The van der Waals surface area contributed by atoms with Crippen LogP contribution in [0.3, 0.4) is 0 Å². The average molecular weight is 255 g/mol. The number of aryl methyl sites for hydroxylation is 2. The molecule has 6 heteroatoms. The Hall–Kier alpha value is -1.75. The van der Waals surface area contributed by atoms with E-state index in [1.807, 2.05) is 13.8 Å². The number of aliphatic imine (C=N–C) groups is 1. The number of carbonyl (C=O) groups is 1. The molecule has 0 saturated heterocycles. The number of nitrogens with zero attached hydrogens (tertiary/aromatic N) is 1. The quantitative estimate of drug-likeness (QED) is 0.557. The minimum atomic E-state index is -0.592. The Morgan fingerprint density at radius 1 is 1.47 bits per heavy atom. The largest absolute Gasteiger partial charge is 0.370 e. The molecular formula is C11H15ClN4O. The molecule has 0 aliphatic carbocycles. The average Bonchev–Trinajstić information content (AvgIpc) is 2.20. The molecule has 0 atom stereocenters. The fraction of sp³-hybridized carbons (Fsp3) is 0.273. The van der Waals surface area contributed by atoms with E-state index in [-0.39, 0.29) is 5.96 Å². The van der Waals surface area contributed by atoms with Crippen molar-refractivity contribution in [3.8, 4) is 0 Å². The maximum Gasteiger partial charge on any atom is 0.348 e. The molecule has 1 aromatic carbocycles. The summed E-state index contributed by atoms with van der Waals surface area (Å²) in [6.07, 6.45) is 0.749. The van der Waals surface area contributed by atoms with Gasteiger partial charge < -0.3 is 16.8 Å². The van der Waals surface area contributed by atoms with Crippen LogP contribution in [0.2, 0.25) is 5.02 Å².